The number of hydrogen-bond donors (Lipinski definition) is 1. The first-order valence-electron chi connectivity index (χ1n) is 5.35. The van der Waals surface area contributed by atoms with E-state index in [1.54, 1.807) is 13.8 Å². The van der Waals surface area contributed by atoms with Crippen molar-refractivity contribution in [3.05, 3.63) is 33.7 Å². The fourth-order valence-corrected chi connectivity index (χ4v) is 3.58. The summed E-state index contributed by atoms with van der Waals surface area (Å²) in [6.07, 6.45) is 0. The van der Waals surface area contributed by atoms with Crippen LogP contribution in [-0.4, -0.2) is 19.3 Å². The molecule has 6 nitrogen and oxygen atoms in total. The lowest BCUT2D eigenvalue weighted by molar-refractivity contribution is 0.0984. The molecule has 0 saturated carbocycles. The third kappa shape index (κ3) is 2.69. The molecular formula is C11H12N2O4S2. The second-order valence-corrected chi connectivity index (χ2v) is 6.48. The normalized spacial score (nSPS) is 11.5. The van der Waals surface area contributed by atoms with Crippen molar-refractivity contribution in [1.29, 1.82) is 0 Å². The van der Waals surface area contributed by atoms with Gasteiger partial charge in [0.2, 0.25) is 0 Å². The molecule has 2 rings (SSSR count). The topological polar surface area (TPSA) is 89.3 Å². The van der Waals surface area contributed by atoms with Gasteiger partial charge >= 0.3 is 0 Å². The fourth-order valence-electron chi connectivity index (χ4n) is 1.62. The largest absolute Gasteiger partial charge is 0.465 e. The Kier molecular flexibility index (Phi) is 3.46. The van der Waals surface area contributed by atoms with E-state index in [1.807, 2.05) is 4.72 Å². The molecule has 102 valence electrons. The first-order chi connectivity index (χ1) is 8.81. The molecule has 0 aliphatic heterocycles. The van der Waals surface area contributed by atoms with Gasteiger partial charge in [-0.15, -0.1) is 11.3 Å². The molecule has 1 N–H and O–H groups in total. The average Bonchev–Trinajstić information content (AvgIpc) is 2.84. The van der Waals surface area contributed by atoms with Crippen LogP contribution in [0.15, 0.2) is 20.9 Å². The third-order valence-electron chi connectivity index (χ3n) is 2.46. The van der Waals surface area contributed by atoms with Crippen molar-refractivity contribution >= 4 is 27.3 Å². The van der Waals surface area contributed by atoms with E-state index >= 15 is 0 Å². The molecule has 0 radical (unpaired) electrons. The van der Waals surface area contributed by atoms with E-state index in [-0.39, 0.29) is 15.5 Å². The van der Waals surface area contributed by atoms with Crippen LogP contribution in [0.25, 0.3) is 0 Å². The predicted molar refractivity (Wildman–Crippen MR) is 69.7 cm³/mol. The number of hydrogen-bond acceptors (Lipinski definition) is 6. The number of amides is 1. The summed E-state index contributed by atoms with van der Waals surface area (Å²) >= 11 is 1.09. The molecule has 0 aromatic carbocycles. The number of rotatable bonds is 3. The van der Waals surface area contributed by atoms with Crippen molar-refractivity contribution in [1.82, 2.24) is 9.71 Å². The van der Waals surface area contributed by atoms with Gasteiger partial charge < -0.3 is 4.42 Å². The molecule has 0 bridgehead atoms. The van der Waals surface area contributed by atoms with Crippen molar-refractivity contribution in [2.75, 3.05) is 0 Å². The number of nitrogens with zero attached hydrogens (tertiary/aromatic N) is 1. The number of furan rings is 1. The Morgan fingerprint density at radius 3 is 2.53 bits per heavy atom. The van der Waals surface area contributed by atoms with Gasteiger partial charge in [-0.3, -0.25) is 4.79 Å². The molecule has 19 heavy (non-hydrogen) atoms. The van der Waals surface area contributed by atoms with Crippen LogP contribution >= 0.6 is 11.3 Å². The van der Waals surface area contributed by atoms with Crippen LogP contribution in [0.5, 0.6) is 0 Å². The van der Waals surface area contributed by atoms with Gasteiger partial charge in [0.15, 0.2) is 0 Å². The number of carbonyl (C=O) groups is 1. The van der Waals surface area contributed by atoms with Crippen LogP contribution in [0, 0.1) is 20.8 Å². The molecule has 2 aromatic heterocycles. The summed E-state index contributed by atoms with van der Waals surface area (Å²) in [5, 5.41) is 0. The molecule has 0 unspecified atom stereocenters. The Balaban J connectivity index is 2.30. The van der Waals surface area contributed by atoms with E-state index < -0.39 is 15.9 Å². The second-order valence-electron chi connectivity index (χ2n) is 3.98. The zero-order valence-corrected chi connectivity index (χ0v) is 12.2. The summed E-state index contributed by atoms with van der Waals surface area (Å²) in [6, 6.07) is 1.38. The highest BCUT2D eigenvalue weighted by Gasteiger charge is 2.24. The Morgan fingerprint density at radius 2 is 2.05 bits per heavy atom. The van der Waals surface area contributed by atoms with Gasteiger partial charge in [0, 0.05) is 6.07 Å². The van der Waals surface area contributed by atoms with Gasteiger partial charge in [-0.2, -0.15) is 0 Å². The first-order valence-corrected chi connectivity index (χ1v) is 7.72. The van der Waals surface area contributed by atoms with Crippen LogP contribution in [-0.2, 0) is 10.0 Å². The highest BCUT2D eigenvalue weighted by molar-refractivity contribution is 7.90. The summed E-state index contributed by atoms with van der Waals surface area (Å²) in [5.74, 6) is 0.0383. The summed E-state index contributed by atoms with van der Waals surface area (Å²) in [4.78, 5) is 16.0. The Morgan fingerprint density at radius 1 is 1.37 bits per heavy atom. The molecule has 2 aromatic rings. The number of carbonyl (C=O) groups excluding carboxylic acids is 1. The van der Waals surface area contributed by atoms with Gasteiger partial charge in [0.05, 0.1) is 11.2 Å². The number of aryl methyl sites for hydroxylation is 3. The molecule has 0 aliphatic rings. The van der Waals surface area contributed by atoms with E-state index in [9.17, 15) is 13.2 Å². The lowest BCUT2D eigenvalue weighted by Gasteiger charge is -2.04. The highest BCUT2D eigenvalue weighted by Crippen LogP contribution is 2.20. The van der Waals surface area contributed by atoms with Gasteiger partial charge in [0.1, 0.15) is 21.3 Å². The van der Waals surface area contributed by atoms with Crippen molar-refractivity contribution in [2.45, 2.75) is 25.7 Å². The lowest BCUT2D eigenvalue weighted by atomic mass is 10.4. The van der Waals surface area contributed by atoms with E-state index in [0.29, 0.717) is 11.5 Å². The molecule has 1 amide bonds. The van der Waals surface area contributed by atoms with Crippen molar-refractivity contribution < 1.29 is 17.6 Å². The maximum absolute atomic E-state index is 12.1. The van der Waals surface area contributed by atoms with Crippen LogP contribution in [0.3, 0.4) is 0 Å². The van der Waals surface area contributed by atoms with Crippen LogP contribution in [0.1, 0.15) is 26.9 Å². The average molecular weight is 300 g/mol. The molecule has 8 heteroatoms. The van der Waals surface area contributed by atoms with E-state index in [1.165, 1.54) is 18.5 Å². The summed E-state index contributed by atoms with van der Waals surface area (Å²) in [7, 11) is -3.93. The van der Waals surface area contributed by atoms with E-state index in [2.05, 4.69) is 4.98 Å². The second kappa shape index (κ2) is 4.78. The Hall–Kier alpha value is -1.67. The minimum absolute atomic E-state index is 0.0273. The maximum atomic E-state index is 12.1. The molecule has 0 aliphatic carbocycles. The van der Waals surface area contributed by atoms with E-state index in [0.717, 1.165) is 11.3 Å². The molecule has 0 spiro atoms. The lowest BCUT2D eigenvalue weighted by Crippen LogP contribution is -2.30. The molecule has 0 fully saturated rings. The summed E-state index contributed by atoms with van der Waals surface area (Å²) in [5.41, 5.74) is 1.99. The minimum atomic E-state index is -3.93. The Labute approximate surface area is 114 Å². The molecule has 0 atom stereocenters. The van der Waals surface area contributed by atoms with E-state index in [4.69, 9.17) is 4.42 Å². The third-order valence-corrected chi connectivity index (χ3v) is 4.83. The Bertz CT molecular complexity index is 728. The van der Waals surface area contributed by atoms with Crippen LogP contribution in [0.4, 0.5) is 0 Å². The number of sulfonamides is 1. The van der Waals surface area contributed by atoms with Gasteiger partial charge in [-0.25, -0.2) is 18.1 Å². The zero-order chi connectivity index (χ0) is 14.2. The van der Waals surface area contributed by atoms with Crippen molar-refractivity contribution in [3.63, 3.8) is 0 Å². The monoisotopic (exact) mass is 300 g/mol. The van der Waals surface area contributed by atoms with Crippen molar-refractivity contribution in [2.24, 2.45) is 0 Å². The van der Waals surface area contributed by atoms with Gasteiger partial charge in [-0.1, -0.05) is 0 Å². The standard InChI is InChI=1S/C11H12N2O4S2/c1-6-4-9(8(3)17-6)19(15,16)13-11(14)10-7(2)12-5-18-10/h4-5H,1-3H3,(H,13,14). The number of thiazole rings is 1. The van der Waals surface area contributed by atoms with Crippen LogP contribution < -0.4 is 4.72 Å². The number of nitrogens with one attached hydrogen (secondary N) is 1. The minimum Gasteiger partial charge on any atom is -0.465 e. The fraction of sp³-hybridized carbons (Fsp3) is 0.273. The first kappa shape index (κ1) is 13.8. The highest BCUT2D eigenvalue weighted by atomic mass is 32.2. The summed E-state index contributed by atoms with van der Waals surface area (Å²) in [6.45, 7) is 4.82. The maximum Gasteiger partial charge on any atom is 0.276 e. The van der Waals surface area contributed by atoms with Gasteiger partial charge in [-0.05, 0) is 20.8 Å². The zero-order valence-electron chi connectivity index (χ0n) is 10.6. The smallest absolute Gasteiger partial charge is 0.276 e. The SMILES string of the molecule is Cc1cc(S(=O)(=O)NC(=O)c2scnc2C)c(C)o1. The molecular weight excluding hydrogens is 288 g/mol. The molecule has 0 saturated heterocycles. The van der Waals surface area contributed by atoms with Gasteiger partial charge in [0.25, 0.3) is 15.9 Å². The summed E-state index contributed by atoms with van der Waals surface area (Å²) < 4.78 is 31.3. The quantitative estimate of drug-likeness (QED) is 0.933. The predicted octanol–water partition coefficient (Wildman–Crippen LogP) is 1.78. The van der Waals surface area contributed by atoms with Crippen LogP contribution in [0.2, 0.25) is 0 Å². The van der Waals surface area contributed by atoms with Crippen molar-refractivity contribution in [3.8, 4) is 0 Å². The number of aromatic nitrogens is 1. The molecule has 2 heterocycles.